The molecule has 0 radical (unpaired) electrons. The van der Waals surface area contributed by atoms with Gasteiger partial charge in [0.15, 0.2) is 0 Å². The lowest BCUT2D eigenvalue weighted by Gasteiger charge is -2.16. The molecule has 3 aromatic carbocycles. The first-order valence-corrected chi connectivity index (χ1v) is 10.0. The second-order valence-corrected chi connectivity index (χ2v) is 6.98. The molecule has 1 aliphatic rings. The topological polar surface area (TPSA) is 67.9 Å². The van der Waals surface area contributed by atoms with Crippen molar-refractivity contribution in [2.75, 3.05) is 23.9 Å². The fourth-order valence-electron chi connectivity index (χ4n) is 3.44. The quantitative estimate of drug-likeness (QED) is 0.552. The zero-order valence-corrected chi connectivity index (χ0v) is 17.6. The molecule has 1 heterocycles. The van der Waals surface area contributed by atoms with Crippen molar-refractivity contribution in [3.05, 3.63) is 89.9 Å². The molecule has 0 fully saturated rings. The third-order valence-electron chi connectivity index (χ3n) is 4.98. The molecule has 1 aliphatic heterocycles. The maximum absolute atomic E-state index is 13.4. The molecule has 2 amide bonds. The van der Waals surface area contributed by atoms with E-state index in [9.17, 15) is 14.0 Å². The minimum atomic E-state index is -0.506. The number of carbonyl (C=O) groups excluding carboxylic acids is 2. The van der Waals surface area contributed by atoms with Crippen LogP contribution in [-0.4, -0.2) is 25.5 Å². The first kappa shape index (κ1) is 21.1. The smallest absolute Gasteiger partial charge is 0.282 e. The van der Waals surface area contributed by atoms with E-state index in [1.54, 1.807) is 48.5 Å². The summed E-state index contributed by atoms with van der Waals surface area (Å²) in [6, 6.07) is 19.2. The Balaban J connectivity index is 1.76. The van der Waals surface area contributed by atoms with Crippen LogP contribution >= 0.6 is 0 Å². The first-order chi connectivity index (χ1) is 15.5. The highest BCUT2D eigenvalue weighted by Crippen LogP contribution is 2.35. The molecule has 6 nitrogen and oxygen atoms in total. The van der Waals surface area contributed by atoms with E-state index in [-0.39, 0.29) is 11.3 Å². The van der Waals surface area contributed by atoms with Crippen molar-refractivity contribution >= 4 is 28.8 Å². The molecule has 32 heavy (non-hydrogen) atoms. The van der Waals surface area contributed by atoms with Gasteiger partial charge in [0.2, 0.25) is 0 Å². The van der Waals surface area contributed by atoms with Gasteiger partial charge in [0.25, 0.3) is 11.8 Å². The Morgan fingerprint density at radius 2 is 1.47 bits per heavy atom. The van der Waals surface area contributed by atoms with E-state index < -0.39 is 17.6 Å². The first-order valence-electron chi connectivity index (χ1n) is 10.0. The number of benzene rings is 3. The van der Waals surface area contributed by atoms with Gasteiger partial charge in [-0.05, 0) is 73.2 Å². The zero-order chi connectivity index (χ0) is 22.7. The van der Waals surface area contributed by atoms with Crippen LogP contribution < -0.4 is 19.7 Å². The number of hydrogen-bond acceptors (Lipinski definition) is 5. The summed E-state index contributed by atoms with van der Waals surface area (Å²) in [6.07, 6.45) is 0. The third kappa shape index (κ3) is 4.05. The highest BCUT2D eigenvalue weighted by Gasteiger charge is 2.40. The highest BCUT2D eigenvalue weighted by atomic mass is 19.1. The zero-order valence-electron chi connectivity index (χ0n) is 17.6. The highest BCUT2D eigenvalue weighted by molar-refractivity contribution is 6.46. The van der Waals surface area contributed by atoms with Crippen molar-refractivity contribution in [2.45, 2.75) is 6.92 Å². The molecule has 0 unspecified atom stereocenters. The van der Waals surface area contributed by atoms with Crippen LogP contribution in [0.3, 0.4) is 0 Å². The van der Waals surface area contributed by atoms with E-state index in [0.717, 1.165) is 4.90 Å². The summed E-state index contributed by atoms with van der Waals surface area (Å²) in [5.41, 5.74) is 1.80. The van der Waals surface area contributed by atoms with Crippen LogP contribution in [-0.2, 0) is 9.59 Å². The Bertz CT molecular complexity index is 1170. The van der Waals surface area contributed by atoms with Gasteiger partial charge in [-0.1, -0.05) is 12.1 Å². The SMILES string of the molecule is CCOc1ccc(C2=C(Nc3ccc(F)cc3)C(=O)N(c3ccc(OC)cc3)C2=O)cc1. The second-order valence-electron chi connectivity index (χ2n) is 6.98. The minimum Gasteiger partial charge on any atom is -0.497 e. The molecule has 1 N–H and O–H groups in total. The lowest BCUT2D eigenvalue weighted by Crippen LogP contribution is -2.32. The molecule has 0 aromatic heterocycles. The normalized spacial score (nSPS) is 13.5. The van der Waals surface area contributed by atoms with E-state index in [2.05, 4.69) is 5.32 Å². The standard InChI is InChI=1S/C25H21FN2O4/c1-3-32-21-12-4-16(5-13-21)22-23(27-18-8-6-17(26)7-9-18)25(30)28(24(22)29)19-10-14-20(31-2)15-11-19/h4-15,27H,3H2,1-2H3. The monoisotopic (exact) mass is 432 g/mol. The van der Waals surface area contributed by atoms with Gasteiger partial charge in [-0.25, -0.2) is 9.29 Å². The van der Waals surface area contributed by atoms with Crippen LogP contribution in [0.15, 0.2) is 78.5 Å². The Hall–Kier alpha value is -4.13. The number of carbonyl (C=O) groups is 2. The van der Waals surface area contributed by atoms with Gasteiger partial charge in [0.05, 0.1) is 25.0 Å². The number of amides is 2. The van der Waals surface area contributed by atoms with E-state index in [1.165, 1.54) is 31.4 Å². The van der Waals surface area contributed by atoms with Crippen LogP contribution in [0.4, 0.5) is 15.8 Å². The van der Waals surface area contributed by atoms with Crippen LogP contribution in [0.1, 0.15) is 12.5 Å². The summed E-state index contributed by atoms with van der Waals surface area (Å²) >= 11 is 0. The summed E-state index contributed by atoms with van der Waals surface area (Å²) in [7, 11) is 1.54. The van der Waals surface area contributed by atoms with Gasteiger partial charge in [0.1, 0.15) is 23.0 Å². The van der Waals surface area contributed by atoms with Crippen LogP contribution in [0.2, 0.25) is 0 Å². The molecule has 3 aromatic rings. The summed E-state index contributed by atoms with van der Waals surface area (Å²) in [5, 5.41) is 3.00. The van der Waals surface area contributed by atoms with Crippen LogP contribution in [0.5, 0.6) is 11.5 Å². The summed E-state index contributed by atoms with van der Waals surface area (Å²) in [4.78, 5) is 27.9. The van der Waals surface area contributed by atoms with Crippen molar-refractivity contribution in [2.24, 2.45) is 0 Å². The Labute approximate surface area is 184 Å². The summed E-state index contributed by atoms with van der Waals surface area (Å²) in [5.74, 6) is -0.0989. The molecular weight excluding hydrogens is 411 g/mol. The predicted octanol–water partition coefficient (Wildman–Crippen LogP) is 4.63. The van der Waals surface area contributed by atoms with E-state index >= 15 is 0 Å². The van der Waals surface area contributed by atoms with Gasteiger partial charge >= 0.3 is 0 Å². The van der Waals surface area contributed by atoms with Gasteiger partial charge in [-0.2, -0.15) is 0 Å². The van der Waals surface area contributed by atoms with Crippen molar-refractivity contribution in [1.29, 1.82) is 0 Å². The van der Waals surface area contributed by atoms with Gasteiger partial charge in [-0.15, -0.1) is 0 Å². The number of nitrogens with one attached hydrogen (secondary N) is 1. The van der Waals surface area contributed by atoms with Gasteiger partial charge in [0, 0.05) is 5.69 Å². The molecule has 0 saturated heterocycles. The van der Waals surface area contributed by atoms with Crippen molar-refractivity contribution < 1.29 is 23.5 Å². The van der Waals surface area contributed by atoms with E-state index in [0.29, 0.717) is 35.0 Å². The maximum Gasteiger partial charge on any atom is 0.282 e. The fraction of sp³-hybridized carbons (Fsp3) is 0.120. The second kappa shape index (κ2) is 8.93. The third-order valence-corrected chi connectivity index (χ3v) is 4.98. The van der Waals surface area contributed by atoms with Crippen molar-refractivity contribution in [3.63, 3.8) is 0 Å². The molecule has 0 atom stereocenters. The molecule has 4 rings (SSSR count). The molecule has 0 aliphatic carbocycles. The lowest BCUT2D eigenvalue weighted by molar-refractivity contribution is -0.120. The fourth-order valence-corrected chi connectivity index (χ4v) is 3.44. The number of rotatable bonds is 7. The molecule has 0 bridgehead atoms. The largest absolute Gasteiger partial charge is 0.497 e. The minimum absolute atomic E-state index is 0.113. The molecule has 162 valence electrons. The molecule has 0 spiro atoms. The number of methoxy groups -OCH3 is 1. The maximum atomic E-state index is 13.4. The summed E-state index contributed by atoms with van der Waals surface area (Å²) < 4.78 is 24.0. The van der Waals surface area contributed by atoms with E-state index in [1.807, 2.05) is 6.92 Å². The van der Waals surface area contributed by atoms with Crippen LogP contribution in [0, 0.1) is 5.82 Å². The Kier molecular flexibility index (Phi) is 5.89. The van der Waals surface area contributed by atoms with Gasteiger partial charge in [-0.3, -0.25) is 9.59 Å². The Morgan fingerprint density at radius 3 is 2.06 bits per heavy atom. The number of imide groups is 1. The van der Waals surface area contributed by atoms with Crippen molar-refractivity contribution in [1.82, 2.24) is 0 Å². The number of halogens is 1. The lowest BCUT2D eigenvalue weighted by atomic mass is 10.0. The molecule has 7 heteroatoms. The number of anilines is 2. The van der Waals surface area contributed by atoms with Crippen molar-refractivity contribution in [3.8, 4) is 11.5 Å². The average Bonchev–Trinajstić information content (AvgIpc) is 3.05. The van der Waals surface area contributed by atoms with Gasteiger partial charge < -0.3 is 14.8 Å². The Morgan fingerprint density at radius 1 is 0.844 bits per heavy atom. The summed E-state index contributed by atoms with van der Waals surface area (Å²) in [6.45, 7) is 2.40. The number of ether oxygens (including phenoxy) is 2. The number of hydrogen-bond donors (Lipinski definition) is 1. The predicted molar refractivity (Wildman–Crippen MR) is 120 cm³/mol. The average molecular weight is 432 g/mol. The molecule has 0 saturated carbocycles. The van der Waals surface area contributed by atoms with E-state index in [4.69, 9.17) is 9.47 Å². The number of nitrogens with zero attached hydrogens (tertiary/aromatic N) is 1. The molecular formula is C25H21FN2O4. The van der Waals surface area contributed by atoms with Crippen LogP contribution in [0.25, 0.3) is 5.57 Å².